The van der Waals surface area contributed by atoms with Gasteiger partial charge in [0, 0.05) is 18.7 Å². The Bertz CT molecular complexity index is 541. The van der Waals surface area contributed by atoms with Crippen molar-refractivity contribution in [1.29, 1.82) is 0 Å². The number of likely N-dealkylation sites (tertiary alicyclic amines) is 1. The van der Waals surface area contributed by atoms with Crippen LogP contribution >= 0.6 is 0 Å². The zero-order valence-electron chi connectivity index (χ0n) is 12.5. The molecule has 0 spiro atoms. The van der Waals surface area contributed by atoms with Gasteiger partial charge in [-0.2, -0.15) is 0 Å². The predicted octanol–water partition coefficient (Wildman–Crippen LogP) is 2.12. The lowest BCUT2D eigenvalue weighted by Gasteiger charge is -2.31. The lowest BCUT2D eigenvalue weighted by atomic mass is 9.97. The fourth-order valence-corrected chi connectivity index (χ4v) is 2.54. The van der Waals surface area contributed by atoms with E-state index in [1.807, 2.05) is 0 Å². The number of phenols is 1. The first-order valence-electron chi connectivity index (χ1n) is 7.28. The van der Waals surface area contributed by atoms with E-state index < -0.39 is 0 Å². The number of carbonyl (C=O) groups is 2. The summed E-state index contributed by atoms with van der Waals surface area (Å²) in [6, 6.07) is 4.90. The number of phenolic OH excluding ortho intramolecular Hbond substituents is 1. The third kappa shape index (κ3) is 3.54. The van der Waals surface area contributed by atoms with Crippen molar-refractivity contribution in [3.63, 3.8) is 0 Å². The van der Waals surface area contributed by atoms with Gasteiger partial charge < -0.3 is 14.7 Å². The Morgan fingerprint density at radius 1 is 1.43 bits per heavy atom. The quantitative estimate of drug-likeness (QED) is 0.866. The van der Waals surface area contributed by atoms with Crippen LogP contribution in [0.3, 0.4) is 0 Å². The van der Waals surface area contributed by atoms with Gasteiger partial charge >= 0.3 is 5.97 Å². The van der Waals surface area contributed by atoms with Gasteiger partial charge in [0.05, 0.1) is 12.5 Å². The first-order valence-corrected chi connectivity index (χ1v) is 7.28. The maximum atomic E-state index is 12.5. The Morgan fingerprint density at radius 2 is 2.19 bits per heavy atom. The molecule has 0 radical (unpaired) electrons. The summed E-state index contributed by atoms with van der Waals surface area (Å²) in [5.74, 6) is -0.525. The maximum absolute atomic E-state index is 12.5. The second kappa shape index (κ2) is 6.61. The van der Waals surface area contributed by atoms with Crippen LogP contribution in [0, 0.1) is 12.8 Å². The maximum Gasteiger partial charge on any atom is 0.310 e. The smallest absolute Gasteiger partial charge is 0.310 e. The van der Waals surface area contributed by atoms with E-state index in [2.05, 4.69) is 0 Å². The molecule has 21 heavy (non-hydrogen) atoms. The largest absolute Gasteiger partial charge is 0.508 e. The number of rotatable bonds is 3. The monoisotopic (exact) mass is 291 g/mol. The number of piperidine rings is 1. The molecule has 0 saturated carbocycles. The van der Waals surface area contributed by atoms with E-state index in [1.165, 1.54) is 6.07 Å². The van der Waals surface area contributed by atoms with Gasteiger partial charge in [0.15, 0.2) is 0 Å². The fourth-order valence-electron chi connectivity index (χ4n) is 2.54. The van der Waals surface area contributed by atoms with Crippen molar-refractivity contribution in [3.8, 4) is 5.75 Å². The number of esters is 1. The molecule has 114 valence electrons. The number of carbonyl (C=O) groups excluding carboxylic acids is 2. The number of benzene rings is 1. The average molecular weight is 291 g/mol. The first-order chi connectivity index (χ1) is 10.0. The van der Waals surface area contributed by atoms with E-state index in [-0.39, 0.29) is 23.5 Å². The van der Waals surface area contributed by atoms with Crippen molar-refractivity contribution < 1.29 is 19.4 Å². The van der Waals surface area contributed by atoms with Crippen LogP contribution in [0.5, 0.6) is 5.75 Å². The van der Waals surface area contributed by atoms with E-state index in [0.29, 0.717) is 25.3 Å². The molecule has 1 aliphatic heterocycles. The first kappa shape index (κ1) is 15.4. The van der Waals surface area contributed by atoms with Crippen LogP contribution in [-0.2, 0) is 9.53 Å². The highest BCUT2D eigenvalue weighted by atomic mass is 16.5. The highest BCUT2D eigenvalue weighted by molar-refractivity contribution is 5.95. The van der Waals surface area contributed by atoms with Crippen LogP contribution in [-0.4, -0.2) is 41.6 Å². The molecule has 0 bridgehead atoms. The summed E-state index contributed by atoms with van der Waals surface area (Å²) in [6.45, 7) is 4.92. The molecule has 0 unspecified atom stereocenters. The summed E-state index contributed by atoms with van der Waals surface area (Å²) in [6.07, 6.45) is 1.54. The second-order valence-electron chi connectivity index (χ2n) is 5.34. The number of hydrogen-bond acceptors (Lipinski definition) is 4. The molecule has 1 heterocycles. The van der Waals surface area contributed by atoms with Crippen LogP contribution < -0.4 is 0 Å². The third-order valence-electron chi connectivity index (χ3n) is 3.78. The zero-order valence-corrected chi connectivity index (χ0v) is 12.5. The summed E-state index contributed by atoms with van der Waals surface area (Å²) in [5.41, 5.74) is 1.18. The van der Waals surface area contributed by atoms with E-state index >= 15 is 0 Å². The third-order valence-corrected chi connectivity index (χ3v) is 3.78. The van der Waals surface area contributed by atoms with Crippen LogP contribution in [0.1, 0.15) is 35.7 Å². The second-order valence-corrected chi connectivity index (χ2v) is 5.34. The van der Waals surface area contributed by atoms with Gasteiger partial charge in [0.1, 0.15) is 5.75 Å². The van der Waals surface area contributed by atoms with Crippen LogP contribution in [0.2, 0.25) is 0 Å². The lowest BCUT2D eigenvalue weighted by molar-refractivity contribution is -0.149. The van der Waals surface area contributed by atoms with E-state index in [1.54, 1.807) is 30.9 Å². The molecule has 1 amide bonds. The van der Waals surface area contributed by atoms with Crippen molar-refractivity contribution in [2.24, 2.45) is 5.92 Å². The van der Waals surface area contributed by atoms with Crippen LogP contribution in [0.15, 0.2) is 18.2 Å². The summed E-state index contributed by atoms with van der Waals surface area (Å²) in [4.78, 5) is 25.9. The number of ether oxygens (including phenoxy) is 1. The summed E-state index contributed by atoms with van der Waals surface area (Å²) >= 11 is 0. The normalized spacial score (nSPS) is 18.4. The Morgan fingerprint density at radius 3 is 2.86 bits per heavy atom. The molecule has 1 aliphatic rings. The molecule has 2 rings (SSSR count). The molecule has 0 aliphatic carbocycles. The Kier molecular flexibility index (Phi) is 4.83. The van der Waals surface area contributed by atoms with E-state index in [0.717, 1.165) is 18.4 Å². The van der Waals surface area contributed by atoms with Gasteiger partial charge in [0.25, 0.3) is 5.91 Å². The van der Waals surface area contributed by atoms with Crippen LogP contribution in [0.25, 0.3) is 0 Å². The molecule has 1 aromatic carbocycles. The highest BCUT2D eigenvalue weighted by Crippen LogP contribution is 2.22. The fraction of sp³-hybridized carbons (Fsp3) is 0.500. The number of hydrogen-bond donors (Lipinski definition) is 1. The molecule has 1 saturated heterocycles. The number of aromatic hydroxyl groups is 1. The summed E-state index contributed by atoms with van der Waals surface area (Å²) < 4.78 is 5.03. The molecule has 5 heteroatoms. The van der Waals surface area contributed by atoms with Gasteiger partial charge in [-0.25, -0.2) is 0 Å². The Labute approximate surface area is 124 Å². The minimum atomic E-state index is -0.248. The predicted molar refractivity (Wildman–Crippen MR) is 78.1 cm³/mol. The Hall–Kier alpha value is -2.04. The lowest BCUT2D eigenvalue weighted by Crippen LogP contribution is -2.42. The molecule has 5 nitrogen and oxygen atoms in total. The van der Waals surface area contributed by atoms with Gasteiger partial charge in [-0.05, 0) is 44.4 Å². The molecular formula is C16H21NO4. The zero-order chi connectivity index (χ0) is 15.4. The standard InChI is InChI=1S/C16H21NO4/c1-3-21-16(20)13-5-4-8-17(10-13)15(19)12-7-6-11(2)14(18)9-12/h6-7,9,13,18H,3-5,8,10H2,1-2H3/t13-/m1/s1. The Balaban J connectivity index is 2.08. The van der Waals surface area contributed by atoms with Crippen molar-refractivity contribution in [3.05, 3.63) is 29.3 Å². The van der Waals surface area contributed by atoms with Crippen molar-refractivity contribution >= 4 is 11.9 Å². The van der Waals surface area contributed by atoms with Crippen molar-refractivity contribution in [2.45, 2.75) is 26.7 Å². The number of amides is 1. The topological polar surface area (TPSA) is 66.8 Å². The SMILES string of the molecule is CCOC(=O)[C@@H]1CCCN(C(=O)c2ccc(C)c(O)c2)C1. The molecule has 1 fully saturated rings. The molecule has 0 aromatic heterocycles. The molecule has 1 aromatic rings. The highest BCUT2D eigenvalue weighted by Gasteiger charge is 2.29. The van der Waals surface area contributed by atoms with E-state index in [4.69, 9.17) is 4.74 Å². The summed E-state index contributed by atoms with van der Waals surface area (Å²) in [7, 11) is 0. The van der Waals surface area contributed by atoms with E-state index in [9.17, 15) is 14.7 Å². The van der Waals surface area contributed by atoms with Gasteiger partial charge in [0.2, 0.25) is 0 Å². The minimum Gasteiger partial charge on any atom is -0.508 e. The van der Waals surface area contributed by atoms with Crippen LogP contribution in [0.4, 0.5) is 0 Å². The summed E-state index contributed by atoms with van der Waals surface area (Å²) in [5, 5.41) is 9.71. The van der Waals surface area contributed by atoms with Gasteiger partial charge in [-0.3, -0.25) is 9.59 Å². The molecule has 1 N–H and O–H groups in total. The average Bonchev–Trinajstić information content (AvgIpc) is 2.49. The number of aryl methyl sites for hydroxylation is 1. The van der Waals surface area contributed by atoms with Gasteiger partial charge in [-0.15, -0.1) is 0 Å². The van der Waals surface area contributed by atoms with Crippen molar-refractivity contribution in [2.75, 3.05) is 19.7 Å². The van der Waals surface area contributed by atoms with Crippen molar-refractivity contribution in [1.82, 2.24) is 4.90 Å². The minimum absolute atomic E-state index is 0.111. The molecular weight excluding hydrogens is 270 g/mol. The number of nitrogens with zero attached hydrogens (tertiary/aromatic N) is 1. The molecule has 1 atom stereocenters. The van der Waals surface area contributed by atoms with Gasteiger partial charge in [-0.1, -0.05) is 6.07 Å².